The number of nitrogens with two attached hydrogens (primary N) is 1. The molecule has 3 rings (SSSR count). The molecule has 1 aliphatic heterocycles. The molecule has 1 aliphatic rings. The Morgan fingerprint density at radius 3 is 3.06 bits per heavy atom. The Morgan fingerprint density at radius 2 is 2.25 bits per heavy atom. The quantitative estimate of drug-likeness (QED) is 0.781. The third-order valence-electron chi connectivity index (χ3n) is 2.60. The van der Waals surface area contributed by atoms with E-state index >= 15 is 0 Å². The predicted molar refractivity (Wildman–Crippen MR) is 57.5 cm³/mol. The molecule has 3 heterocycles. The SMILES string of the molecule is Nc1nc(-c2ccco2)nc2c1COCC2. The van der Waals surface area contributed by atoms with Gasteiger partial charge in [0.25, 0.3) is 0 Å². The average molecular weight is 217 g/mol. The van der Waals surface area contributed by atoms with Crippen molar-refractivity contribution in [3.05, 3.63) is 29.7 Å². The molecule has 5 heteroatoms. The summed E-state index contributed by atoms with van der Waals surface area (Å²) in [6, 6.07) is 3.62. The van der Waals surface area contributed by atoms with E-state index in [4.69, 9.17) is 14.9 Å². The van der Waals surface area contributed by atoms with Crippen LogP contribution < -0.4 is 5.73 Å². The Labute approximate surface area is 92.3 Å². The first-order valence-electron chi connectivity index (χ1n) is 5.11. The number of nitrogen functional groups attached to an aromatic ring is 1. The van der Waals surface area contributed by atoms with Gasteiger partial charge in [0.05, 0.1) is 25.2 Å². The third kappa shape index (κ3) is 1.45. The highest BCUT2D eigenvalue weighted by Crippen LogP contribution is 2.24. The van der Waals surface area contributed by atoms with Crippen molar-refractivity contribution in [3.63, 3.8) is 0 Å². The number of nitrogens with zero attached hydrogens (tertiary/aromatic N) is 2. The van der Waals surface area contributed by atoms with Crippen LogP contribution in [0.15, 0.2) is 22.8 Å². The number of rotatable bonds is 1. The van der Waals surface area contributed by atoms with Gasteiger partial charge in [0, 0.05) is 12.0 Å². The molecule has 0 radical (unpaired) electrons. The molecule has 0 spiro atoms. The molecule has 0 atom stereocenters. The van der Waals surface area contributed by atoms with Crippen molar-refractivity contribution in [1.82, 2.24) is 9.97 Å². The number of hydrogen-bond donors (Lipinski definition) is 1. The molecule has 0 unspecified atom stereocenters. The predicted octanol–water partition coefficient (Wildman–Crippen LogP) is 1.39. The summed E-state index contributed by atoms with van der Waals surface area (Å²) >= 11 is 0. The standard InChI is InChI=1S/C11H11N3O2/c12-10-7-6-15-5-3-8(7)13-11(14-10)9-2-1-4-16-9/h1-2,4H,3,5-6H2,(H2,12,13,14). The number of anilines is 1. The Morgan fingerprint density at radius 1 is 1.31 bits per heavy atom. The monoisotopic (exact) mass is 217 g/mol. The fourth-order valence-corrected chi connectivity index (χ4v) is 1.77. The summed E-state index contributed by atoms with van der Waals surface area (Å²) in [5.41, 5.74) is 7.74. The Bertz CT molecular complexity index is 508. The maximum Gasteiger partial charge on any atom is 0.197 e. The third-order valence-corrected chi connectivity index (χ3v) is 2.60. The van der Waals surface area contributed by atoms with Gasteiger partial charge in [-0.1, -0.05) is 0 Å². The zero-order valence-electron chi connectivity index (χ0n) is 8.64. The molecule has 0 fully saturated rings. The van der Waals surface area contributed by atoms with Gasteiger partial charge in [0.1, 0.15) is 5.82 Å². The molecular formula is C11H11N3O2. The zero-order valence-corrected chi connectivity index (χ0v) is 8.64. The molecule has 0 amide bonds. The van der Waals surface area contributed by atoms with Gasteiger partial charge in [-0.15, -0.1) is 0 Å². The number of ether oxygens (including phenoxy) is 1. The van der Waals surface area contributed by atoms with Crippen LogP contribution in [0.25, 0.3) is 11.6 Å². The lowest BCUT2D eigenvalue weighted by Crippen LogP contribution is -2.16. The maximum atomic E-state index is 5.88. The Balaban J connectivity index is 2.12. The second-order valence-electron chi connectivity index (χ2n) is 3.64. The molecule has 2 N–H and O–H groups in total. The lowest BCUT2D eigenvalue weighted by Gasteiger charge is -2.17. The van der Waals surface area contributed by atoms with E-state index in [0.717, 1.165) is 17.7 Å². The fourth-order valence-electron chi connectivity index (χ4n) is 1.77. The van der Waals surface area contributed by atoms with Crippen molar-refractivity contribution in [2.75, 3.05) is 12.3 Å². The highest BCUT2D eigenvalue weighted by molar-refractivity contribution is 5.53. The summed E-state index contributed by atoms with van der Waals surface area (Å²) in [4.78, 5) is 8.67. The molecule has 16 heavy (non-hydrogen) atoms. The van der Waals surface area contributed by atoms with Gasteiger partial charge >= 0.3 is 0 Å². The molecular weight excluding hydrogens is 206 g/mol. The van der Waals surface area contributed by atoms with Gasteiger partial charge in [-0.25, -0.2) is 9.97 Å². The van der Waals surface area contributed by atoms with Crippen molar-refractivity contribution < 1.29 is 9.15 Å². The van der Waals surface area contributed by atoms with Crippen LogP contribution in [0.4, 0.5) is 5.82 Å². The van der Waals surface area contributed by atoms with Crippen LogP contribution in [0.2, 0.25) is 0 Å². The van der Waals surface area contributed by atoms with Gasteiger partial charge in [0.15, 0.2) is 11.6 Å². The van der Waals surface area contributed by atoms with E-state index in [1.54, 1.807) is 12.3 Å². The number of aromatic nitrogens is 2. The Hall–Kier alpha value is -1.88. The smallest absolute Gasteiger partial charge is 0.197 e. The number of hydrogen-bond acceptors (Lipinski definition) is 5. The lowest BCUT2D eigenvalue weighted by molar-refractivity contribution is 0.109. The van der Waals surface area contributed by atoms with Crippen LogP contribution in [0, 0.1) is 0 Å². The first-order valence-corrected chi connectivity index (χ1v) is 5.11. The highest BCUT2D eigenvalue weighted by atomic mass is 16.5. The van der Waals surface area contributed by atoms with Crippen LogP contribution in [-0.2, 0) is 17.8 Å². The van der Waals surface area contributed by atoms with Crippen molar-refractivity contribution in [2.24, 2.45) is 0 Å². The zero-order chi connectivity index (χ0) is 11.0. The van der Waals surface area contributed by atoms with Gasteiger partial charge in [-0.3, -0.25) is 0 Å². The van der Waals surface area contributed by atoms with Gasteiger partial charge in [0.2, 0.25) is 0 Å². The maximum absolute atomic E-state index is 5.88. The van der Waals surface area contributed by atoms with E-state index in [1.165, 1.54) is 0 Å². The van der Waals surface area contributed by atoms with Crippen molar-refractivity contribution in [2.45, 2.75) is 13.0 Å². The summed E-state index contributed by atoms with van der Waals surface area (Å²) in [7, 11) is 0. The lowest BCUT2D eigenvalue weighted by atomic mass is 10.1. The van der Waals surface area contributed by atoms with Crippen LogP contribution in [0.3, 0.4) is 0 Å². The summed E-state index contributed by atoms with van der Waals surface area (Å²) in [5.74, 6) is 1.67. The van der Waals surface area contributed by atoms with E-state index in [-0.39, 0.29) is 0 Å². The first-order chi connectivity index (χ1) is 7.84. The topological polar surface area (TPSA) is 74.2 Å². The van der Waals surface area contributed by atoms with Gasteiger partial charge < -0.3 is 14.9 Å². The summed E-state index contributed by atoms with van der Waals surface area (Å²) < 4.78 is 10.6. The molecule has 0 aliphatic carbocycles. The summed E-state index contributed by atoms with van der Waals surface area (Å²) in [5, 5.41) is 0. The normalized spacial score (nSPS) is 14.8. The minimum Gasteiger partial charge on any atom is -0.461 e. The molecule has 0 saturated carbocycles. The molecule has 2 aromatic rings. The minimum atomic E-state index is 0.483. The average Bonchev–Trinajstić information content (AvgIpc) is 2.82. The van der Waals surface area contributed by atoms with Crippen LogP contribution >= 0.6 is 0 Å². The largest absolute Gasteiger partial charge is 0.461 e. The van der Waals surface area contributed by atoms with E-state index < -0.39 is 0 Å². The molecule has 0 bridgehead atoms. The fraction of sp³-hybridized carbons (Fsp3) is 0.273. The van der Waals surface area contributed by atoms with Gasteiger partial charge in [-0.2, -0.15) is 0 Å². The van der Waals surface area contributed by atoms with Gasteiger partial charge in [-0.05, 0) is 12.1 Å². The van der Waals surface area contributed by atoms with Crippen LogP contribution in [0.5, 0.6) is 0 Å². The van der Waals surface area contributed by atoms with E-state index in [9.17, 15) is 0 Å². The minimum absolute atomic E-state index is 0.483. The van der Waals surface area contributed by atoms with Crippen molar-refractivity contribution in [1.29, 1.82) is 0 Å². The first kappa shape index (κ1) is 9.35. The summed E-state index contributed by atoms with van der Waals surface area (Å²) in [6.45, 7) is 1.18. The van der Waals surface area contributed by atoms with Crippen LogP contribution in [-0.4, -0.2) is 16.6 Å². The number of fused-ring (bicyclic) bond motifs is 1. The molecule has 0 aromatic carbocycles. The van der Waals surface area contributed by atoms with E-state index in [2.05, 4.69) is 9.97 Å². The van der Waals surface area contributed by atoms with E-state index in [1.807, 2.05) is 6.07 Å². The van der Waals surface area contributed by atoms with Crippen LogP contribution in [0.1, 0.15) is 11.3 Å². The van der Waals surface area contributed by atoms with Crippen molar-refractivity contribution >= 4 is 5.82 Å². The second-order valence-corrected chi connectivity index (χ2v) is 3.64. The molecule has 0 saturated heterocycles. The Kier molecular flexibility index (Phi) is 2.11. The molecule has 5 nitrogen and oxygen atoms in total. The number of furan rings is 1. The molecule has 82 valence electrons. The highest BCUT2D eigenvalue weighted by Gasteiger charge is 2.17. The summed E-state index contributed by atoms with van der Waals surface area (Å²) in [6.07, 6.45) is 2.37. The molecule has 2 aromatic heterocycles. The van der Waals surface area contributed by atoms with Crippen molar-refractivity contribution in [3.8, 4) is 11.6 Å². The second kappa shape index (κ2) is 3.61. The van der Waals surface area contributed by atoms with E-state index in [0.29, 0.717) is 30.6 Å².